The first-order valence-electron chi connectivity index (χ1n) is 7.53. The zero-order valence-corrected chi connectivity index (χ0v) is 13.7. The van der Waals surface area contributed by atoms with Crippen LogP contribution in [0.1, 0.15) is 38.2 Å². The maximum Gasteiger partial charge on any atom is 0.124 e. The minimum Gasteiger partial charge on any atom is -0.491 e. The molecule has 1 aromatic carbocycles. The second kappa shape index (κ2) is 8.65. The van der Waals surface area contributed by atoms with E-state index in [0.29, 0.717) is 6.61 Å². The summed E-state index contributed by atoms with van der Waals surface area (Å²) in [5.41, 5.74) is 1.20. The Morgan fingerprint density at radius 2 is 2.30 bits per heavy atom. The highest BCUT2D eigenvalue weighted by Gasteiger charge is 2.15. The van der Waals surface area contributed by atoms with E-state index in [1.807, 2.05) is 12.1 Å². The minimum absolute atomic E-state index is 0.254. The zero-order valence-electron chi connectivity index (χ0n) is 12.2. The smallest absolute Gasteiger partial charge is 0.124 e. The number of benzene rings is 1. The molecule has 0 aliphatic carbocycles. The molecule has 0 radical (unpaired) electrons. The highest BCUT2D eigenvalue weighted by Crippen LogP contribution is 2.24. The summed E-state index contributed by atoms with van der Waals surface area (Å²) in [6.07, 6.45) is 4.93. The van der Waals surface area contributed by atoms with Crippen molar-refractivity contribution in [1.82, 2.24) is 5.32 Å². The van der Waals surface area contributed by atoms with Gasteiger partial charge in [-0.3, -0.25) is 0 Å². The Kier molecular flexibility index (Phi) is 6.83. The second-order valence-electron chi connectivity index (χ2n) is 5.23. The van der Waals surface area contributed by atoms with Crippen molar-refractivity contribution in [1.29, 1.82) is 0 Å². The Labute approximate surface area is 130 Å². The summed E-state index contributed by atoms with van der Waals surface area (Å²) >= 11 is 3.52. The molecule has 112 valence electrons. The molecule has 1 atom stereocenters. The van der Waals surface area contributed by atoms with Gasteiger partial charge in [-0.15, -0.1) is 0 Å². The molecule has 1 N–H and O–H groups in total. The van der Waals surface area contributed by atoms with Crippen LogP contribution in [0.4, 0.5) is 0 Å². The van der Waals surface area contributed by atoms with Gasteiger partial charge in [0, 0.05) is 23.2 Å². The molecule has 20 heavy (non-hydrogen) atoms. The van der Waals surface area contributed by atoms with Crippen LogP contribution in [-0.2, 0) is 11.3 Å². The molecule has 3 nitrogen and oxygen atoms in total. The molecule has 4 heteroatoms. The van der Waals surface area contributed by atoms with Gasteiger partial charge in [-0.25, -0.2) is 0 Å². The van der Waals surface area contributed by atoms with E-state index in [-0.39, 0.29) is 6.10 Å². The van der Waals surface area contributed by atoms with Gasteiger partial charge < -0.3 is 14.8 Å². The van der Waals surface area contributed by atoms with Crippen molar-refractivity contribution in [2.75, 3.05) is 19.8 Å². The van der Waals surface area contributed by atoms with E-state index in [2.05, 4.69) is 34.2 Å². The van der Waals surface area contributed by atoms with Gasteiger partial charge in [-0.05, 0) is 50.4 Å². The summed E-state index contributed by atoms with van der Waals surface area (Å²) in [6.45, 7) is 5.57. The van der Waals surface area contributed by atoms with Crippen LogP contribution in [0.5, 0.6) is 5.75 Å². The van der Waals surface area contributed by atoms with Gasteiger partial charge in [0.2, 0.25) is 0 Å². The van der Waals surface area contributed by atoms with Crippen molar-refractivity contribution in [2.24, 2.45) is 0 Å². The predicted octanol–water partition coefficient (Wildman–Crippen LogP) is 3.90. The maximum absolute atomic E-state index is 5.98. The Bertz CT molecular complexity index is 405. The van der Waals surface area contributed by atoms with Crippen LogP contribution < -0.4 is 10.1 Å². The molecule has 1 saturated heterocycles. The van der Waals surface area contributed by atoms with Gasteiger partial charge in [0.05, 0.1) is 6.10 Å². The summed E-state index contributed by atoms with van der Waals surface area (Å²) in [4.78, 5) is 0. The van der Waals surface area contributed by atoms with E-state index in [1.54, 1.807) is 0 Å². The molecule has 1 aliphatic heterocycles. The van der Waals surface area contributed by atoms with Crippen LogP contribution in [0.25, 0.3) is 0 Å². The second-order valence-corrected chi connectivity index (χ2v) is 6.14. The lowest BCUT2D eigenvalue weighted by Gasteiger charge is -2.23. The molecular weight excluding hydrogens is 318 g/mol. The number of rotatable bonds is 7. The van der Waals surface area contributed by atoms with E-state index in [4.69, 9.17) is 9.47 Å². The number of halogens is 1. The average molecular weight is 342 g/mol. The van der Waals surface area contributed by atoms with Crippen molar-refractivity contribution < 1.29 is 9.47 Å². The van der Waals surface area contributed by atoms with E-state index >= 15 is 0 Å². The first-order chi connectivity index (χ1) is 9.79. The van der Waals surface area contributed by atoms with Crippen LogP contribution >= 0.6 is 15.9 Å². The first kappa shape index (κ1) is 15.8. The maximum atomic E-state index is 5.98. The number of hydrogen-bond acceptors (Lipinski definition) is 3. The normalized spacial score (nSPS) is 19.0. The standard InChI is InChI=1S/C16H24BrNO2/c1-2-8-18-11-13-10-14(17)6-7-16(13)20-12-15-5-3-4-9-19-15/h6-7,10,15,18H,2-5,8-9,11-12H2,1H3. The topological polar surface area (TPSA) is 30.5 Å². The van der Waals surface area contributed by atoms with Crippen molar-refractivity contribution in [3.05, 3.63) is 28.2 Å². The first-order valence-corrected chi connectivity index (χ1v) is 8.32. The van der Waals surface area contributed by atoms with E-state index in [1.165, 1.54) is 18.4 Å². The van der Waals surface area contributed by atoms with Gasteiger partial charge in [0.15, 0.2) is 0 Å². The summed E-state index contributed by atoms with van der Waals surface area (Å²) in [5.74, 6) is 0.964. The lowest BCUT2D eigenvalue weighted by molar-refractivity contribution is -0.0112. The molecule has 1 fully saturated rings. The Balaban J connectivity index is 1.91. The molecule has 0 saturated carbocycles. The van der Waals surface area contributed by atoms with Crippen LogP contribution in [0, 0.1) is 0 Å². The van der Waals surface area contributed by atoms with Crippen molar-refractivity contribution in [3.8, 4) is 5.75 Å². The summed E-state index contributed by atoms with van der Waals surface area (Å²) in [7, 11) is 0. The third-order valence-corrected chi connectivity index (χ3v) is 3.96. The Hall–Kier alpha value is -0.580. The van der Waals surface area contributed by atoms with Crippen LogP contribution in [-0.4, -0.2) is 25.9 Å². The van der Waals surface area contributed by atoms with Crippen LogP contribution in [0.3, 0.4) is 0 Å². The number of nitrogens with one attached hydrogen (secondary N) is 1. The minimum atomic E-state index is 0.254. The van der Waals surface area contributed by atoms with Gasteiger partial charge in [-0.1, -0.05) is 22.9 Å². The largest absolute Gasteiger partial charge is 0.491 e. The van der Waals surface area contributed by atoms with Gasteiger partial charge in [0.25, 0.3) is 0 Å². The fraction of sp³-hybridized carbons (Fsp3) is 0.625. The van der Waals surface area contributed by atoms with Gasteiger partial charge in [-0.2, -0.15) is 0 Å². The molecule has 0 aromatic heterocycles. The molecule has 1 heterocycles. The number of ether oxygens (including phenoxy) is 2. The lowest BCUT2D eigenvalue weighted by atomic mass is 10.1. The fourth-order valence-corrected chi connectivity index (χ4v) is 2.76. The average Bonchev–Trinajstić information content (AvgIpc) is 2.48. The summed E-state index contributed by atoms with van der Waals surface area (Å²) < 4.78 is 12.8. The Morgan fingerprint density at radius 3 is 3.05 bits per heavy atom. The summed E-state index contributed by atoms with van der Waals surface area (Å²) in [6, 6.07) is 6.19. The molecule has 0 bridgehead atoms. The molecule has 1 unspecified atom stereocenters. The monoisotopic (exact) mass is 341 g/mol. The molecule has 0 amide bonds. The van der Waals surface area contributed by atoms with E-state index < -0.39 is 0 Å². The van der Waals surface area contributed by atoms with Crippen molar-refractivity contribution in [2.45, 2.75) is 45.3 Å². The third-order valence-electron chi connectivity index (χ3n) is 3.46. The van der Waals surface area contributed by atoms with Crippen LogP contribution in [0.2, 0.25) is 0 Å². The lowest BCUT2D eigenvalue weighted by Crippen LogP contribution is -2.26. The van der Waals surface area contributed by atoms with Crippen LogP contribution in [0.15, 0.2) is 22.7 Å². The molecule has 1 aromatic rings. The fourth-order valence-electron chi connectivity index (χ4n) is 2.35. The quantitative estimate of drug-likeness (QED) is 0.763. The van der Waals surface area contributed by atoms with E-state index in [0.717, 1.165) is 42.8 Å². The Morgan fingerprint density at radius 1 is 1.40 bits per heavy atom. The predicted molar refractivity (Wildman–Crippen MR) is 85.2 cm³/mol. The van der Waals surface area contributed by atoms with Crippen molar-refractivity contribution in [3.63, 3.8) is 0 Å². The van der Waals surface area contributed by atoms with Gasteiger partial charge in [0.1, 0.15) is 12.4 Å². The summed E-state index contributed by atoms with van der Waals surface area (Å²) in [5, 5.41) is 3.42. The zero-order chi connectivity index (χ0) is 14.2. The van der Waals surface area contributed by atoms with E-state index in [9.17, 15) is 0 Å². The molecular formula is C16H24BrNO2. The SMILES string of the molecule is CCCNCc1cc(Br)ccc1OCC1CCCCO1. The highest BCUT2D eigenvalue weighted by molar-refractivity contribution is 9.10. The molecule has 0 spiro atoms. The third kappa shape index (κ3) is 5.08. The number of hydrogen-bond donors (Lipinski definition) is 1. The van der Waals surface area contributed by atoms with Crippen molar-refractivity contribution >= 4 is 15.9 Å². The molecule has 1 aliphatic rings. The molecule has 2 rings (SSSR count). The van der Waals surface area contributed by atoms with Gasteiger partial charge >= 0.3 is 0 Å². The highest BCUT2D eigenvalue weighted by atomic mass is 79.9.